The fourth-order valence-electron chi connectivity index (χ4n) is 3.45. The van der Waals surface area contributed by atoms with Crippen LogP contribution in [-0.4, -0.2) is 58.1 Å². The van der Waals surface area contributed by atoms with Crippen LogP contribution in [0.5, 0.6) is 0 Å². The van der Waals surface area contributed by atoms with E-state index >= 15 is 0 Å². The second-order valence-corrected chi connectivity index (χ2v) is 8.55. The first-order chi connectivity index (χ1) is 15.2. The number of aromatic nitrogens is 4. The molecule has 5 rings (SSSR count). The number of piperazine rings is 1. The van der Waals surface area contributed by atoms with Crippen LogP contribution in [0.2, 0.25) is 0 Å². The third-order valence-electron chi connectivity index (χ3n) is 5.22. The van der Waals surface area contributed by atoms with Gasteiger partial charge in [0.15, 0.2) is 5.13 Å². The van der Waals surface area contributed by atoms with E-state index in [2.05, 4.69) is 55.6 Å². The van der Waals surface area contributed by atoms with Crippen molar-refractivity contribution in [2.24, 2.45) is 0 Å². The summed E-state index contributed by atoms with van der Waals surface area (Å²) < 4.78 is 1.13. The molecule has 2 aromatic heterocycles. The average Bonchev–Trinajstić information content (AvgIpc) is 3.21. The summed E-state index contributed by atoms with van der Waals surface area (Å²) in [5.41, 5.74) is 2.13. The number of anilines is 4. The Balaban J connectivity index is 1.41. The SMILES string of the molecule is CN1CCN(c2nc(NCc3ccccc3)nc(Nc3nc4ccccc4s3)n2)CC1. The van der Waals surface area contributed by atoms with E-state index in [0.29, 0.717) is 24.4 Å². The Morgan fingerprint density at radius 2 is 1.58 bits per heavy atom. The van der Waals surface area contributed by atoms with Gasteiger partial charge in [-0.2, -0.15) is 15.0 Å². The lowest BCUT2D eigenvalue weighted by Crippen LogP contribution is -2.45. The van der Waals surface area contributed by atoms with Crippen molar-refractivity contribution in [3.8, 4) is 0 Å². The summed E-state index contributed by atoms with van der Waals surface area (Å²) in [6.45, 7) is 4.39. The summed E-state index contributed by atoms with van der Waals surface area (Å²) in [5.74, 6) is 1.73. The highest BCUT2D eigenvalue weighted by Gasteiger charge is 2.19. The van der Waals surface area contributed by atoms with Crippen LogP contribution in [-0.2, 0) is 6.54 Å². The van der Waals surface area contributed by atoms with Gasteiger partial charge < -0.3 is 15.1 Å². The molecule has 0 spiro atoms. The first-order valence-corrected chi connectivity index (χ1v) is 11.1. The number of para-hydroxylation sites is 1. The number of nitrogens with one attached hydrogen (secondary N) is 2. The molecule has 2 aromatic carbocycles. The maximum absolute atomic E-state index is 4.70. The zero-order chi connectivity index (χ0) is 21.0. The summed E-state index contributed by atoms with van der Waals surface area (Å²) in [6, 6.07) is 18.3. The normalized spacial score (nSPS) is 14.7. The van der Waals surface area contributed by atoms with Gasteiger partial charge in [0, 0.05) is 32.7 Å². The lowest BCUT2D eigenvalue weighted by Gasteiger charge is -2.32. The number of fused-ring (bicyclic) bond motifs is 1. The predicted molar refractivity (Wildman–Crippen MR) is 126 cm³/mol. The Hall–Kier alpha value is -3.30. The van der Waals surface area contributed by atoms with E-state index in [1.807, 2.05) is 36.4 Å². The van der Waals surface area contributed by atoms with Crippen LogP contribution in [0.25, 0.3) is 10.2 Å². The standard InChI is InChI=1S/C22H24N8S/c1-29-11-13-30(14-12-29)21-26-19(23-15-16-7-3-2-4-8-16)25-20(27-21)28-22-24-17-9-5-6-10-18(17)31-22/h2-10H,11-15H2,1H3,(H2,23,24,25,26,27,28). The number of hydrogen-bond donors (Lipinski definition) is 2. The van der Waals surface area contributed by atoms with E-state index in [-0.39, 0.29) is 0 Å². The highest BCUT2D eigenvalue weighted by atomic mass is 32.1. The summed E-state index contributed by atoms with van der Waals surface area (Å²) in [5, 5.41) is 7.40. The van der Waals surface area contributed by atoms with Crippen LogP contribution >= 0.6 is 11.3 Å². The molecule has 31 heavy (non-hydrogen) atoms. The van der Waals surface area contributed by atoms with Crippen LogP contribution in [0.3, 0.4) is 0 Å². The van der Waals surface area contributed by atoms with Gasteiger partial charge >= 0.3 is 0 Å². The quantitative estimate of drug-likeness (QED) is 0.478. The van der Waals surface area contributed by atoms with Gasteiger partial charge in [0.2, 0.25) is 17.8 Å². The van der Waals surface area contributed by atoms with Crippen molar-refractivity contribution in [2.75, 3.05) is 48.8 Å². The molecule has 0 radical (unpaired) electrons. The monoisotopic (exact) mass is 432 g/mol. The molecule has 0 bridgehead atoms. The summed E-state index contributed by atoms with van der Waals surface area (Å²) in [4.78, 5) is 23.2. The molecular weight excluding hydrogens is 408 g/mol. The minimum Gasteiger partial charge on any atom is -0.350 e. The molecule has 1 aliphatic heterocycles. The molecule has 0 unspecified atom stereocenters. The number of thiazole rings is 1. The van der Waals surface area contributed by atoms with E-state index in [9.17, 15) is 0 Å². The Kier molecular flexibility index (Phi) is 5.59. The molecule has 1 saturated heterocycles. The van der Waals surface area contributed by atoms with Crippen molar-refractivity contribution >= 4 is 44.5 Å². The molecule has 0 atom stereocenters. The number of hydrogen-bond acceptors (Lipinski definition) is 9. The zero-order valence-corrected chi connectivity index (χ0v) is 18.1. The Morgan fingerprint density at radius 3 is 2.39 bits per heavy atom. The van der Waals surface area contributed by atoms with Gasteiger partial charge in [-0.1, -0.05) is 53.8 Å². The number of nitrogens with zero attached hydrogens (tertiary/aromatic N) is 6. The van der Waals surface area contributed by atoms with Gasteiger partial charge in [-0.25, -0.2) is 4.98 Å². The van der Waals surface area contributed by atoms with Gasteiger partial charge in [0.1, 0.15) is 0 Å². The number of benzene rings is 2. The van der Waals surface area contributed by atoms with Gasteiger partial charge in [-0.3, -0.25) is 5.32 Å². The maximum atomic E-state index is 4.70. The predicted octanol–water partition coefficient (Wildman–Crippen LogP) is 3.59. The largest absolute Gasteiger partial charge is 0.350 e. The van der Waals surface area contributed by atoms with E-state index in [1.165, 1.54) is 5.56 Å². The lowest BCUT2D eigenvalue weighted by molar-refractivity contribution is 0.311. The molecule has 0 amide bonds. The van der Waals surface area contributed by atoms with Crippen molar-refractivity contribution < 1.29 is 0 Å². The van der Waals surface area contributed by atoms with Gasteiger partial charge in [0.05, 0.1) is 10.2 Å². The van der Waals surface area contributed by atoms with E-state index < -0.39 is 0 Å². The zero-order valence-electron chi connectivity index (χ0n) is 17.3. The molecule has 3 heterocycles. The summed E-state index contributed by atoms with van der Waals surface area (Å²) >= 11 is 1.59. The number of rotatable bonds is 6. The Labute approximate surface area is 185 Å². The van der Waals surface area contributed by atoms with E-state index in [0.717, 1.165) is 41.5 Å². The van der Waals surface area contributed by atoms with Crippen LogP contribution < -0.4 is 15.5 Å². The molecule has 158 valence electrons. The highest BCUT2D eigenvalue weighted by Crippen LogP contribution is 2.28. The molecule has 1 aliphatic rings. The molecular formula is C22H24N8S. The van der Waals surface area contributed by atoms with E-state index in [1.54, 1.807) is 11.3 Å². The maximum Gasteiger partial charge on any atom is 0.235 e. The Bertz CT molecular complexity index is 1120. The first kappa shape index (κ1) is 19.7. The third kappa shape index (κ3) is 4.73. The van der Waals surface area contributed by atoms with Crippen LogP contribution in [0.15, 0.2) is 54.6 Å². The van der Waals surface area contributed by atoms with Crippen molar-refractivity contribution in [1.29, 1.82) is 0 Å². The smallest absolute Gasteiger partial charge is 0.235 e. The average molecular weight is 433 g/mol. The lowest BCUT2D eigenvalue weighted by atomic mass is 10.2. The van der Waals surface area contributed by atoms with Crippen LogP contribution in [0.1, 0.15) is 5.56 Å². The van der Waals surface area contributed by atoms with Crippen molar-refractivity contribution in [3.63, 3.8) is 0 Å². The summed E-state index contributed by atoms with van der Waals surface area (Å²) in [6.07, 6.45) is 0. The second-order valence-electron chi connectivity index (χ2n) is 7.52. The molecule has 4 aromatic rings. The second kappa shape index (κ2) is 8.83. The molecule has 0 aliphatic carbocycles. The minimum atomic E-state index is 0.499. The van der Waals surface area contributed by atoms with Crippen molar-refractivity contribution in [2.45, 2.75) is 6.54 Å². The molecule has 2 N–H and O–H groups in total. The highest BCUT2D eigenvalue weighted by molar-refractivity contribution is 7.22. The third-order valence-corrected chi connectivity index (χ3v) is 6.17. The van der Waals surface area contributed by atoms with Gasteiger partial charge in [-0.15, -0.1) is 0 Å². The first-order valence-electron chi connectivity index (χ1n) is 10.3. The minimum absolute atomic E-state index is 0.499. The topological polar surface area (TPSA) is 82.1 Å². The van der Waals surface area contributed by atoms with Crippen LogP contribution in [0.4, 0.5) is 23.0 Å². The summed E-state index contributed by atoms with van der Waals surface area (Å²) in [7, 11) is 2.14. The molecule has 9 heteroatoms. The fourth-order valence-corrected chi connectivity index (χ4v) is 4.31. The molecule has 8 nitrogen and oxygen atoms in total. The van der Waals surface area contributed by atoms with E-state index in [4.69, 9.17) is 9.97 Å². The van der Waals surface area contributed by atoms with Crippen LogP contribution in [0, 0.1) is 0 Å². The number of likely N-dealkylation sites (N-methyl/N-ethyl adjacent to an activating group) is 1. The molecule has 0 saturated carbocycles. The fraction of sp³-hybridized carbons (Fsp3) is 0.273. The van der Waals surface area contributed by atoms with Gasteiger partial charge in [0.25, 0.3) is 0 Å². The van der Waals surface area contributed by atoms with Gasteiger partial charge in [-0.05, 0) is 24.7 Å². The van der Waals surface area contributed by atoms with Crippen molar-refractivity contribution in [1.82, 2.24) is 24.8 Å². The van der Waals surface area contributed by atoms with Crippen molar-refractivity contribution in [3.05, 3.63) is 60.2 Å². The Morgan fingerprint density at radius 1 is 0.839 bits per heavy atom. The molecule has 1 fully saturated rings.